The quantitative estimate of drug-likeness (QED) is 0.479. The smallest absolute Gasteiger partial charge is 0.261 e. The molecular formula is C29H25F2NO2. The first-order valence-electron chi connectivity index (χ1n) is 11.3. The zero-order valence-electron chi connectivity index (χ0n) is 18.9. The largest absolute Gasteiger partial charge is 0.508 e. The monoisotopic (exact) mass is 457 g/mol. The van der Waals surface area contributed by atoms with Gasteiger partial charge in [0, 0.05) is 29.7 Å². The third-order valence-corrected chi connectivity index (χ3v) is 6.36. The number of fused-ring (bicyclic) bond motifs is 1. The molecule has 0 spiro atoms. The predicted molar refractivity (Wildman–Crippen MR) is 130 cm³/mol. The first-order valence-corrected chi connectivity index (χ1v) is 11.3. The molecule has 0 bridgehead atoms. The molecule has 3 aromatic carbocycles. The number of rotatable bonds is 3. The van der Waals surface area contributed by atoms with E-state index in [0.717, 1.165) is 39.1 Å². The number of hydrogen-bond acceptors (Lipinski definition) is 3. The van der Waals surface area contributed by atoms with Crippen molar-refractivity contribution >= 4 is 11.1 Å². The summed E-state index contributed by atoms with van der Waals surface area (Å²) < 4.78 is 33.1. The SMILES string of the molecule is CC1=C(c2cccc(O)c2)C(c2ccc(C#CCN3CCC(F)(F)C3)cc2)Oc2ccccc21. The van der Waals surface area contributed by atoms with E-state index in [1.54, 1.807) is 17.0 Å². The van der Waals surface area contributed by atoms with Crippen LogP contribution < -0.4 is 4.74 Å². The van der Waals surface area contributed by atoms with Crippen LogP contribution in [0, 0.1) is 11.8 Å². The molecule has 2 heterocycles. The van der Waals surface area contributed by atoms with Gasteiger partial charge in [-0.05, 0) is 54.0 Å². The van der Waals surface area contributed by atoms with Crippen molar-refractivity contribution in [1.29, 1.82) is 0 Å². The van der Waals surface area contributed by atoms with Crippen molar-refractivity contribution < 1.29 is 18.6 Å². The van der Waals surface area contributed by atoms with E-state index in [-0.39, 0.29) is 24.8 Å². The molecule has 0 radical (unpaired) electrons. The van der Waals surface area contributed by atoms with Crippen molar-refractivity contribution in [1.82, 2.24) is 4.90 Å². The molecule has 2 aliphatic heterocycles. The summed E-state index contributed by atoms with van der Waals surface area (Å²) in [6, 6.07) is 23.0. The molecule has 5 heteroatoms. The fourth-order valence-electron chi connectivity index (χ4n) is 4.62. The van der Waals surface area contributed by atoms with Crippen LogP contribution in [0.3, 0.4) is 0 Å². The Morgan fingerprint density at radius 1 is 1.06 bits per heavy atom. The minimum Gasteiger partial charge on any atom is -0.508 e. The lowest BCUT2D eigenvalue weighted by molar-refractivity contribution is 0.0135. The summed E-state index contributed by atoms with van der Waals surface area (Å²) in [5.41, 5.74) is 5.84. The van der Waals surface area contributed by atoms with Gasteiger partial charge in [-0.1, -0.05) is 54.3 Å². The van der Waals surface area contributed by atoms with E-state index >= 15 is 0 Å². The van der Waals surface area contributed by atoms with E-state index in [4.69, 9.17) is 4.74 Å². The van der Waals surface area contributed by atoms with Crippen LogP contribution in [-0.4, -0.2) is 35.6 Å². The lowest BCUT2D eigenvalue weighted by Crippen LogP contribution is -2.25. The fraction of sp³-hybridized carbons (Fsp3) is 0.241. The van der Waals surface area contributed by atoms with Crippen molar-refractivity contribution in [2.24, 2.45) is 0 Å². The zero-order chi connectivity index (χ0) is 23.7. The number of hydrogen-bond donors (Lipinski definition) is 1. The molecule has 0 aromatic heterocycles. The van der Waals surface area contributed by atoms with E-state index in [0.29, 0.717) is 13.1 Å². The topological polar surface area (TPSA) is 32.7 Å². The number of ether oxygens (including phenoxy) is 1. The highest BCUT2D eigenvalue weighted by molar-refractivity contribution is 5.95. The van der Waals surface area contributed by atoms with Crippen molar-refractivity contribution in [2.75, 3.05) is 19.6 Å². The molecule has 5 rings (SSSR count). The number of benzene rings is 3. The standard InChI is InChI=1S/C29H25F2NO2/c1-20-25-9-2-3-10-26(25)34-28(27(20)23-7-4-8-24(33)18-23)22-13-11-21(12-14-22)6-5-16-32-17-15-29(30,31)19-32/h2-4,7-14,18,28,33H,15-17,19H2,1H3. The summed E-state index contributed by atoms with van der Waals surface area (Å²) >= 11 is 0. The van der Waals surface area contributed by atoms with E-state index in [2.05, 4.69) is 18.8 Å². The second kappa shape index (κ2) is 8.96. The molecule has 0 amide bonds. The van der Waals surface area contributed by atoms with Crippen LogP contribution in [0.15, 0.2) is 72.8 Å². The third-order valence-electron chi connectivity index (χ3n) is 6.36. The van der Waals surface area contributed by atoms with Gasteiger partial charge in [0.15, 0.2) is 0 Å². The molecule has 1 saturated heterocycles. The van der Waals surface area contributed by atoms with Gasteiger partial charge in [-0.15, -0.1) is 0 Å². The average Bonchev–Trinajstić information content (AvgIpc) is 3.18. The number of allylic oxidation sites excluding steroid dienone is 1. The van der Waals surface area contributed by atoms with Gasteiger partial charge in [0.2, 0.25) is 0 Å². The maximum absolute atomic E-state index is 13.3. The Kier molecular flexibility index (Phi) is 5.85. The molecule has 1 unspecified atom stereocenters. The van der Waals surface area contributed by atoms with Crippen LogP contribution in [0.25, 0.3) is 11.1 Å². The summed E-state index contributed by atoms with van der Waals surface area (Å²) in [6.45, 7) is 2.58. The van der Waals surface area contributed by atoms with Gasteiger partial charge in [-0.3, -0.25) is 4.90 Å². The number of phenols is 1. The van der Waals surface area contributed by atoms with Gasteiger partial charge < -0.3 is 9.84 Å². The highest BCUT2D eigenvalue weighted by Gasteiger charge is 2.37. The summed E-state index contributed by atoms with van der Waals surface area (Å²) in [5, 5.41) is 10.1. The highest BCUT2D eigenvalue weighted by Crippen LogP contribution is 2.46. The van der Waals surface area contributed by atoms with Crippen LogP contribution in [0.5, 0.6) is 11.5 Å². The molecule has 3 nitrogen and oxygen atoms in total. The number of halogens is 2. The summed E-state index contributed by atoms with van der Waals surface area (Å²) in [4.78, 5) is 1.68. The number of para-hydroxylation sites is 1. The lowest BCUT2D eigenvalue weighted by atomic mass is 9.86. The molecule has 2 aliphatic rings. The average molecular weight is 458 g/mol. The van der Waals surface area contributed by atoms with Gasteiger partial charge in [-0.25, -0.2) is 8.78 Å². The number of phenolic OH excluding ortho intramolecular Hbond substituents is 1. The molecular weight excluding hydrogens is 432 g/mol. The second-order valence-corrected chi connectivity index (χ2v) is 8.82. The third kappa shape index (κ3) is 4.55. The summed E-state index contributed by atoms with van der Waals surface area (Å²) in [7, 11) is 0. The lowest BCUT2D eigenvalue weighted by Gasteiger charge is -2.31. The zero-order valence-corrected chi connectivity index (χ0v) is 18.9. The number of nitrogens with zero attached hydrogens (tertiary/aromatic N) is 1. The van der Waals surface area contributed by atoms with Gasteiger partial charge in [0.1, 0.15) is 17.6 Å². The van der Waals surface area contributed by atoms with Crippen LogP contribution in [0.1, 0.15) is 41.7 Å². The van der Waals surface area contributed by atoms with Crippen LogP contribution in [0.2, 0.25) is 0 Å². The summed E-state index contributed by atoms with van der Waals surface area (Å²) in [6.07, 6.45) is -0.437. The second-order valence-electron chi connectivity index (χ2n) is 8.82. The Labute approximate surface area is 198 Å². The van der Waals surface area contributed by atoms with E-state index in [1.807, 2.05) is 60.7 Å². The van der Waals surface area contributed by atoms with Crippen LogP contribution >= 0.6 is 0 Å². The fourth-order valence-corrected chi connectivity index (χ4v) is 4.62. The highest BCUT2D eigenvalue weighted by atomic mass is 19.3. The number of alkyl halides is 2. The minimum atomic E-state index is -2.60. The Morgan fingerprint density at radius 3 is 2.59 bits per heavy atom. The first kappa shape index (κ1) is 22.2. The van der Waals surface area contributed by atoms with Gasteiger partial charge in [0.05, 0.1) is 13.1 Å². The van der Waals surface area contributed by atoms with Gasteiger partial charge in [-0.2, -0.15) is 0 Å². The van der Waals surface area contributed by atoms with Gasteiger partial charge in [0.25, 0.3) is 5.92 Å². The van der Waals surface area contributed by atoms with Gasteiger partial charge >= 0.3 is 0 Å². The Hall–Kier alpha value is -3.62. The molecule has 172 valence electrons. The molecule has 1 fully saturated rings. The normalized spacial score (nSPS) is 19.2. The Bertz CT molecular complexity index is 1300. The van der Waals surface area contributed by atoms with Crippen LogP contribution in [0.4, 0.5) is 8.78 Å². The van der Waals surface area contributed by atoms with E-state index in [1.165, 1.54) is 0 Å². The maximum Gasteiger partial charge on any atom is 0.261 e. The maximum atomic E-state index is 13.3. The Balaban J connectivity index is 1.42. The van der Waals surface area contributed by atoms with E-state index in [9.17, 15) is 13.9 Å². The van der Waals surface area contributed by atoms with Crippen molar-refractivity contribution in [2.45, 2.75) is 25.4 Å². The van der Waals surface area contributed by atoms with Crippen LogP contribution in [-0.2, 0) is 0 Å². The molecule has 34 heavy (non-hydrogen) atoms. The van der Waals surface area contributed by atoms with E-state index < -0.39 is 5.92 Å². The molecule has 3 aromatic rings. The minimum absolute atomic E-state index is 0.0949. The van der Waals surface area contributed by atoms with Crippen molar-refractivity contribution in [3.8, 4) is 23.3 Å². The number of likely N-dealkylation sites (tertiary alicyclic amines) is 1. The molecule has 1 atom stereocenters. The van der Waals surface area contributed by atoms with Crippen molar-refractivity contribution in [3.05, 3.63) is 95.1 Å². The molecule has 1 N–H and O–H groups in total. The molecule has 0 saturated carbocycles. The molecule has 0 aliphatic carbocycles. The predicted octanol–water partition coefficient (Wildman–Crippen LogP) is 6.15. The summed E-state index contributed by atoms with van der Waals surface area (Å²) in [5.74, 6) is 4.53. The first-order chi connectivity index (χ1) is 16.4. The van der Waals surface area contributed by atoms with Crippen molar-refractivity contribution in [3.63, 3.8) is 0 Å². The Morgan fingerprint density at radius 2 is 1.85 bits per heavy atom. The number of aromatic hydroxyl groups is 1.